The number of benzene rings is 1. The van der Waals surface area contributed by atoms with Crippen molar-refractivity contribution >= 4 is 11.9 Å². The SMILES string of the molecule is CCNC(=O)[C@@H]1CCCN(C(=O)N[C@H](C)c2cc(OC)ccc2OC)C1. The summed E-state index contributed by atoms with van der Waals surface area (Å²) in [6, 6.07) is 5.08. The second kappa shape index (κ2) is 9.31. The van der Waals surface area contributed by atoms with Crippen LogP contribution in [-0.2, 0) is 4.79 Å². The highest BCUT2D eigenvalue weighted by molar-refractivity contribution is 5.81. The predicted octanol–water partition coefficient (Wildman–Crippen LogP) is 2.32. The summed E-state index contributed by atoms with van der Waals surface area (Å²) in [5, 5.41) is 5.84. The Morgan fingerprint density at radius 2 is 2.08 bits per heavy atom. The van der Waals surface area contributed by atoms with Crippen LogP contribution in [0.2, 0.25) is 0 Å². The normalized spacial score (nSPS) is 18.0. The first-order chi connectivity index (χ1) is 12.5. The zero-order chi connectivity index (χ0) is 19.1. The molecule has 2 atom stereocenters. The fraction of sp³-hybridized carbons (Fsp3) is 0.579. The molecule has 1 aromatic rings. The summed E-state index contributed by atoms with van der Waals surface area (Å²) >= 11 is 0. The molecule has 1 fully saturated rings. The standard InChI is InChI=1S/C19H29N3O4/c1-5-20-18(23)14-7-6-10-22(12-14)19(24)21-13(2)16-11-15(25-3)8-9-17(16)26-4/h8-9,11,13-14H,5-7,10,12H2,1-4H3,(H,20,23)(H,21,24)/t13-,14-/m1/s1. The lowest BCUT2D eigenvalue weighted by molar-refractivity contribution is -0.126. The minimum absolute atomic E-state index is 0.0208. The monoisotopic (exact) mass is 363 g/mol. The number of methoxy groups -OCH3 is 2. The van der Waals surface area contributed by atoms with Crippen LogP contribution >= 0.6 is 0 Å². The quantitative estimate of drug-likeness (QED) is 0.813. The summed E-state index contributed by atoms with van der Waals surface area (Å²) in [6.07, 6.45) is 1.64. The number of hydrogen-bond acceptors (Lipinski definition) is 4. The Hall–Kier alpha value is -2.44. The van der Waals surface area contributed by atoms with Crippen LogP contribution in [0, 0.1) is 5.92 Å². The van der Waals surface area contributed by atoms with Crippen LogP contribution in [0.1, 0.15) is 38.3 Å². The Morgan fingerprint density at radius 1 is 1.31 bits per heavy atom. The van der Waals surface area contributed by atoms with Crippen molar-refractivity contribution in [2.24, 2.45) is 5.92 Å². The van der Waals surface area contributed by atoms with Gasteiger partial charge in [0.25, 0.3) is 0 Å². The van der Waals surface area contributed by atoms with Gasteiger partial charge < -0.3 is 25.0 Å². The highest BCUT2D eigenvalue weighted by atomic mass is 16.5. The lowest BCUT2D eigenvalue weighted by atomic mass is 9.97. The summed E-state index contributed by atoms with van der Waals surface area (Å²) in [5.41, 5.74) is 0.845. The van der Waals surface area contributed by atoms with E-state index in [9.17, 15) is 9.59 Å². The number of nitrogens with zero attached hydrogens (tertiary/aromatic N) is 1. The number of carbonyl (C=O) groups excluding carboxylic acids is 2. The molecule has 1 saturated heterocycles. The summed E-state index contributed by atoms with van der Waals surface area (Å²) in [6.45, 7) is 5.51. The second-order valence-electron chi connectivity index (χ2n) is 6.46. The summed E-state index contributed by atoms with van der Waals surface area (Å²) < 4.78 is 10.7. The predicted molar refractivity (Wildman–Crippen MR) is 99.5 cm³/mol. The molecule has 0 aliphatic carbocycles. The molecule has 0 radical (unpaired) electrons. The number of hydrogen-bond donors (Lipinski definition) is 2. The Bertz CT molecular complexity index is 635. The molecule has 2 rings (SSSR count). The first-order valence-electron chi connectivity index (χ1n) is 9.05. The van der Waals surface area contributed by atoms with Crippen molar-refractivity contribution in [3.8, 4) is 11.5 Å². The maximum absolute atomic E-state index is 12.7. The van der Waals surface area contributed by atoms with Gasteiger partial charge in [-0.15, -0.1) is 0 Å². The van der Waals surface area contributed by atoms with Crippen LogP contribution in [0.5, 0.6) is 11.5 Å². The molecule has 144 valence electrons. The maximum atomic E-state index is 12.7. The first kappa shape index (κ1) is 19.9. The number of urea groups is 1. The molecule has 7 heteroatoms. The molecule has 2 N–H and O–H groups in total. The second-order valence-corrected chi connectivity index (χ2v) is 6.46. The van der Waals surface area contributed by atoms with Crippen LogP contribution in [0.3, 0.4) is 0 Å². The molecule has 1 aromatic carbocycles. The molecule has 0 aromatic heterocycles. The Labute approximate surface area is 155 Å². The van der Waals surface area contributed by atoms with E-state index >= 15 is 0 Å². The summed E-state index contributed by atoms with van der Waals surface area (Å²) in [4.78, 5) is 26.5. The van der Waals surface area contributed by atoms with Crippen LogP contribution < -0.4 is 20.1 Å². The zero-order valence-electron chi connectivity index (χ0n) is 16.0. The topological polar surface area (TPSA) is 79.9 Å². The number of nitrogens with one attached hydrogen (secondary N) is 2. The van der Waals surface area contributed by atoms with Crippen LogP contribution in [0.15, 0.2) is 18.2 Å². The van der Waals surface area contributed by atoms with E-state index < -0.39 is 0 Å². The summed E-state index contributed by atoms with van der Waals surface area (Å²) in [7, 11) is 3.20. The van der Waals surface area contributed by atoms with Gasteiger partial charge in [0.2, 0.25) is 5.91 Å². The number of carbonyl (C=O) groups is 2. The lowest BCUT2D eigenvalue weighted by Crippen LogP contribution is -2.49. The van der Waals surface area contributed by atoms with Gasteiger partial charge in [0, 0.05) is 25.2 Å². The van der Waals surface area contributed by atoms with Crippen LogP contribution in [-0.4, -0.2) is 50.7 Å². The largest absolute Gasteiger partial charge is 0.497 e. The highest BCUT2D eigenvalue weighted by Crippen LogP contribution is 2.29. The van der Waals surface area contributed by atoms with Gasteiger partial charge in [0.1, 0.15) is 11.5 Å². The average molecular weight is 363 g/mol. The minimum Gasteiger partial charge on any atom is -0.497 e. The van der Waals surface area contributed by atoms with E-state index in [1.165, 1.54) is 0 Å². The summed E-state index contributed by atoms with van der Waals surface area (Å²) in [5.74, 6) is 1.28. The molecule has 0 spiro atoms. The molecule has 0 unspecified atom stereocenters. The van der Waals surface area contributed by atoms with E-state index in [0.717, 1.165) is 18.4 Å². The van der Waals surface area contributed by atoms with Crippen LogP contribution in [0.25, 0.3) is 0 Å². The zero-order valence-corrected chi connectivity index (χ0v) is 16.0. The van der Waals surface area contributed by atoms with Gasteiger partial charge in [-0.2, -0.15) is 0 Å². The van der Waals surface area contributed by atoms with Gasteiger partial charge in [-0.1, -0.05) is 0 Å². The minimum atomic E-state index is -0.252. The van der Waals surface area contributed by atoms with Crippen molar-refractivity contribution in [1.82, 2.24) is 15.5 Å². The molecular formula is C19H29N3O4. The molecule has 7 nitrogen and oxygen atoms in total. The van der Waals surface area contributed by atoms with E-state index in [1.54, 1.807) is 19.1 Å². The first-order valence-corrected chi connectivity index (χ1v) is 9.05. The molecule has 0 saturated carbocycles. The van der Waals surface area contributed by atoms with E-state index in [0.29, 0.717) is 31.1 Å². The number of rotatable bonds is 6. The smallest absolute Gasteiger partial charge is 0.317 e. The van der Waals surface area contributed by atoms with Gasteiger partial charge in [0.05, 0.1) is 26.2 Å². The fourth-order valence-corrected chi connectivity index (χ4v) is 3.23. The Balaban J connectivity index is 2.03. The average Bonchev–Trinajstić information content (AvgIpc) is 2.67. The van der Waals surface area contributed by atoms with Crippen molar-refractivity contribution in [3.63, 3.8) is 0 Å². The van der Waals surface area contributed by atoms with Crippen molar-refractivity contribution < 1.29 is 19.1 Å². The molecule has 1 aliphatic heterocycles. The van der Waals surface area contributed by atoms with Crippen molar-refractivity contribution in [1.29, 1.82) is 0 Å². The molecule has 26 heavy (non-hydrogen) atoms. The van der Waals surface area contributed by atoms with Crippen molar-refractivity contribution in [2.75, 3.05) is 33.9 Å². The number of ether oxygens (including phenoxy) is 2. The fourth-order valence-electron chi connectivity index (χ4n) is 3.23. The maximum Gasteiger partial charge on any atom is 0.317 e. The third-order valence-corrected chi connectivity index (χ3v) is 4.67. The highest BCUT2D eigenvalue weighted by Gasteiger charge is 2.29. The van der Waals surface area contributed by atoms with E-state index in [4.69, 9.17) is 9.47 Å². The van der Waals surface area contributed by atoms with E-state index in [-0.39, 0.29) is 23.9 Å². The molecule has 1 heterocycles. The van der Waals surface area contributed by atoms with Crippen LogP contribution in [0.4, 0.5) is 4.79 Å². The third-order valence-electron chi connectivity index (χ3n) is 4.67. The van der Waals surface area contributed by atoms with Gasteiger partial charge in [0.15, 0.2) is 0 Å². The number of amides is 3. The van der Waals surface area contributed by atoms with Crippen molar-refractivity contribution in [3.05, 3.63) is 23.8 Å². The Morgan fingerprint density at radius 3 is 2.73 bits per heavy atom. The number of piperidine rings is 1. The Kier molecular flexibility index (Phi) is 7.12. The molecular weight excluding hydrogens is 334 g/mol. The van der Waals surface area contributed by atoms with Crippen molar-refractivity contribution in [2.45, 2.75) is 32.7 Å². The van der Waals surface area contributed by atoms with E-state index in [1.807, 2.05) is 32.0 Å². The molecule has 0 bridgehead atoms. The van der Waals surface area contributed by atoms with Gasteiger partial charge in [-0.05, 0) is 44.9 Å². The van der Waals surface area contributed by atoms with Gasteiger partial charge in [-0.25, -0.2) is 4.79 Å². The van der Waals surface area contributed by atoms with Gasteiger partial charge in [-0.3, -0.25) is 4.79 Å². The lowest BCUT2D eigenvalue weighted by Gasteiger charge is -2.33. The van der Waals surface area contributed by atoms with E-state index in [2.05, 4.69) is 10.6 Å². The number of likely N-dealkylation sites (tertiary alicyclic amines) is 1. The molecule has 1 aliphatic rings. The third kappa shape index (κ3) is 4.80. The molecule has 3 amide bonds. The van der Waals surface area contributed by atoms with Gasteiger partial charge >= 0.3 is 6.03 Å².